The fourth-order valence-corrected chi connectivity index (χ4v) is 2.21. The molecule has 1 atom stereocenters. The zero-order chi connectivity index (χ0) is 16.8. The Hall–Kier alpha value is -2.43. The molecule has 0 heterocycles. The zero-order valence-corrected chi connectivity index (χ0v) is 13.1. The van der Waals surface area contributed by atoms with Gasteiger partial charge in [0.25, 0.3) is 0 Å². The van der Waals surface area contributed by atoms with E-state index in [1.807, 2.05) is 38.1 Å². The molecule has 3 nitrogen and oxygen atoms in total. The molecule has 2 aromatic rings. The summed E-state index contributed by atoms with van der Waals surface area (Å²) < 4.78 is 28.4. The molecule has 1 amide bonds. The lowest BCUT2D eigenvalue weighted by Gasteiger charge is -2.15. The molecule has 0 spiro atoms. The van der Waals surface area contributed by atoms with Gasteiger partial charge in [-0.2, -0.15) is 8.78 Å². The van der Waals surface area contributed by atoms with Gasteiger partial charge in [0.1, 0.15) is 5.75 Å². The van der Waals surface area contributed by atoms with Crippen LogP contribution < -0.4 is 10.1 Å². The molecule has 2 aromatic carbocycles. The van der Waals surface area contributed by atoms with Gasteiger partial charge in [0, 0.05) is 0 Å². The van der Waals surface area contributed by atoms with Gasteiger partial charge < -0.3 is 10.1 Å². The predicted molar refractivity (Wildman–Crippen MR) is 84.5 cm³/mol. The summed E-state index contributed by atoms with van der Waals surface area (Å²) in [4.78, 5) is 12.1. The van der Waals surface area contributed by atoms with Gasteiger partial charge in [0.15, 0.2) is 0 Å². The Morgan fingerprint density at radius 1 is 1.09 bits per heavy atom. The predicted octanol–water partition coefficient (Wildman–Crippen LogP) is 4.02. The number of carbonyl (C=O) groups excluding carboxylic acids is 1. The van der Waals surface area contributed by atoms with Gasteiger partial charge >= 0.3 is 6.61 Å². The Balaban J connectivity index is 1.90. The van der Waals surface area contributed by atoms with Crippen LogP contribution in [0.1, 0.15) is 29.7 Å². The van der Waals surface area contributed by atoms with Crippen molar-refractivity contribution in [1.82, 2.24) is 5.32 Å². The van der Waals surface area contributed by atoms with Crippen LogP contribution in [0.3, 0.4) is 0 Å². The third kappa shape index (κ3) is 5.36. The van der Waals surface area contributed by atoms with Crippen molar-refractivity contribution in [2.45, 2.75) is 32.9 Å². The molecule has 0 fully saturated rings. The summed E-state index contributed by atoms with van der Waals surface area (Å²) >= 11 is 0. The first-order chi connectivity index (χ1) is 10.9. The Morgan fingerprint density at radius 3 is 2.26 bits per heavy atom. The summed E-state index contributed by atoms with van der Waals surface area (Å²) in [5.41, 5.74) is 2.93. The van der Waals surface area contributed by atoms with Crippen molar-refractivity contribution in [3.63, 3.8) is 0 Å². The standard InChI is InChI=1S/C18H19F2NO2/c1-12-3-7-15(8-4-12)13(2)21-17(22)11-14-5-9-16(10-6-14)23-18(19)20/h3-10,13,18H,11H2,1-2H3,(H,21,22). The Morgan fingerprint density at radius 2 is 1.70 bits per heavy atom. The molecule has 0 saturated heterocycles. The average Bonchev–Trinajstić information content (AvgIpc) is 2.49. The van der Waals surface area contributed by atoms with E-state index < -0.39 is 6.61 Å². The number of amides is 1. The van der Waals surface area contributed by atoms with E-state index in [4.69, 9.17) is 0 Å². The van der Waals surface area contributed by atoms with Gasteiger partial charge in [-0.05, 0) is 37.1 Å². The number of hydrogen-bond donors (Lipinski definition) is 1. The normalized spacial score (nSPS) is 12.0. The maximum atomic E-state index is 12.1. The summed E-state index contributed by atoms with van der Waals surface area (Å²) in [7, 11) is 0. The highest BCUT2D eigenvalue weighted by Gasteiger charge is 2.10. The Bertz CT molecular complexity index is 639. The molecule has 1 unspecified atom stereocenters. The minimum absolute atomic E-state index is 0.0807. The van der Waals surface area contributed by atoms with E-state index in [-0.39, 0.29) is 24.1 Å². The maximum Gasteiger partial charge on any atom is 0.387 e. The molecular formula is C18H19F2NO2. The molecule has 0 bridgehead atoms. The van der Waals surface area contributed by atoms with Crippen LogP contribution in [-0.2, 0) is 11.2 Å². The fraction of sp³-hybridized carbons (Fsp3) is 0.278. The number of aryl methyl sites for hydroxylation is 1. The fourth-order valence-electron chi connectivity index (χ4n) is 2.21. The van der Waals surface area contributed by atoms with E-state index in [1.165, 1.54) is 17.7 Å². The second-order valence-electron chi connectivity index (χ2n) is 5.40. The second-order valence-corrected chi connectivity index (χ2v) is 5.40. The van der Waals surface area contributed by atoms with Gasteiger partial charge in [-0.15, -0.1) is 0 Å². The third-order valence-electron chi connectivity index (χ3n) is 3.47. The SMILES string of the molecule is Cc1ccc(C(C)NC(=O)Cc2ccc(OC(F)F)cc2)cc1. The lowest BCUT2D eigenvalue weighted by molar-refractivity contribution is -0.121. The van der Waals surface area contributed by atoms with Crippen molar-refractivity contribution in [3.8, 4) is 5.75 Å². The van der Waals surface area contributed by atoms with E-state index >= 15 is 0 Å². The molecule has 2 rings (SSSR count). The lowest BCUT2D eigenvalue weighted by Crippen LogP contribution is -2.28. The van der Waals surface area contributed by atoms with E-state index in [9.17, 15) is 13.6 Å². The molecule has 5 heteroatoms. The van der Waals surface area contributed by atoms with Crippen molar-refractivity contribution in [2.75, 3.05) is 0 Å². The van der Waals surface area contributed by atoms with Crippen molar-refractivity contribution >= 4 is 5.91 Å². The minimum atomic E-state index is -2.85. The molecule has 0 saturated carbocycles. The summed E-state index contributed by atoms with van der Waals surface area (Å²) in [5.74, 6) is -0.0437. The van der Waals surface area contributed by atoms with Crippen LogP contribution in [0, 0.1) is 6.92 Å². The van der Waals surface area contributed by atoms with E-state index in [2.05, 4.69) is 10.1 Å². The highest BCUT2D eigenvalue weighted by Crippen LogP contribution is 2.16. The first-order valence-corrected chi connectivity index (χ1v) is 7.33. The number of halogens is 2. The van der Waals surface area contributed by atoms with Crippen LogP contribution in [0.25, 0.3) is 0 Å². The van der Waals surface area contributed by atoms with Crippen molar-refractivity contribution in [2.24, 2.45) is 0 Å². The zero-order valence-electron chi connectivity index (χ0n) is 13.1. The largest absolute Gasteiger partial charge is 0.435 e. The number of carbonyl (C=O) groups is 1. The summed E-state index contributed by atoms with van der Waals surface area (Å²) in [6, 6.07) is 13.9. The molecule has 0 aliphatic carbocycles. The lowest BCUT2D eigenvalue weighted by atomic mass is 10.1. The Kier molecular flexibility index (Phi) is 5.68. The van der Waals surface area contributed by atoms with Crippen LogP contribution in [0.4, 0.5) is 8.78 Å². The van der Waals surface area contributed by atoms with Crippen LogP contribution in [0.2, 0.25) is 0 Å². The quantitative estimate of drug-likeness (QED) is 0.873. The highest BCUT2D eigenvalue weighted by molar-refractivity contribution is 5.79. The van der Waals surface area contributed by atoms with E-state index in [0.29, 0.717) is 0 Å². The number of ether oxygens (including phenoxy) is 1. The highest BCUT2D eigenvalue weighted by atomic mass is 19.3. The van der Waals surface area contributed by atoms with Crippen molar-refractivity contribution in [3.05, 3.63) is 65.2 Å². The number of alkyl halides is 2. The molecular weight excluding hydrogens is 300 g/mol. The number of nitrogens with one attached hydrogen (secondary N) is 1. The molecule has 0 aromatic heterocycles. The summed E-state index contributed by atoms with van der Waals surface area (Å²) in [5, 5.41) is 2.92. The smallest absolute Gasteiger partial charge is 0.387 e. The third-order valence-corrected chi connectivity index (χ3v) is 3.47. The minimum Gasteiger partial charge on any atom is -0.435 e. The molecule has 23 heavy (non-hydrogen) atoms. The summed E-state index contributed by atoms with van der Waals surface area (Å²) in [6.45, 7) is 1.08. The number of rotatable bonds is 6. The van der Waals surface area contributed by atoms with Gasteiger partial charge in [0.05, 0.1) is 12.5 Å². The van der Waals surface area contributed by atoms with Crippen molar-refractivity contribution in [1.29, 1.82) is 0 Å². The maximum absolute atomic E-state index is 12.1. The Labute approximate surface area is 134 Å². The monoisotopic (exact) mass is 319 g/mol. The van der Waals surface area contributed by atoms with Crippen LogP contribution in [0.15, 0.2) is 48.5 Å². The first-order valence-electron chi connectivity index (χ1n) is 7.33. The molecule has 0 aliphatic rings. The molecule has 0 radical (unpaired) electrons. The van der Waals surface area contributed by atoms with Gasteiger partial charge in [-0.3, -0.25) is 4.79 Å². The van der Waals surface area contributed by atoms with Crippen molar-refractivity contribution < 1.29 is 18.3 Å². The number of benzene rings is 2. The van der Waals surface area contributed by atoms with Crippen LogP contribution in [-0.4, -0.2) is 12.5 Å². The molecule has 0 aliphatic heterocycles. The van der Waals surface area contributed by atoms with E-state index in [0.717, 1.165) is 11.1 Å². The molecule has 1 N–H and O–H groups in total. The van der Waals surface area contributed by atoms with E-state index in [1.54, 1.807) is 12.1 Å². The topological polar surface area (TPSA) is 38.3 Å². The second kappa shape index (κ2) is 7.72. The number of hydrogen-bond acceptors (Lipinski definition) is 2. The first kappa shape index (κ1) is 16.9. The van der Waals surface area contributed by atoms with Gasteiger partial charge in [0.2, 0.25) is 5.91 Å². The van der Waals surface area contributed by atoms with Crippen LogP contribution >= 0.6 is 0 Å². The van der Waals surface area contributed by atoms with Crippen LogP contribution in [0.5, 0.6) is 5.75 Å². The molecule has 122 valence electrons. The average molecular weight is 319 g/mol. The van der Waals surface area contributed by atoms with Gasteiger partial charge in [-0.25, -0.2) is 0 Å². The van der Waals surface area contributed by atoms with Gasteiger partial charge in [-0.1, -0.05) is 42.0 Å². The summed E-state index contributed by atoms with van der Waals surface area (Å²) in [6.07, 6.45) is 0.186.